The van der Waals surface area contributed by atoms with Gasteiger partial charge in [-0.15, -0.1) is 0 Å². The van der Waals surface area contributed by atoms with Crippen LogP contribution in [0.1, 0.15) is 22.3 Å². The summed E-state index contributed by atoms with van der Waals surface area (Å²) in [5.74, 6) is 0.0889. The molecule has 0 saturated carbocycles. The van der Waals surface area contributed by atoms with Crippen molar-refractivity contribution in [1.82, 2.24) is 4.90 Å². The Bertz CT molecular complexity index is 687. The molecule has 0 aliphatic carbocycles. The molecule has 0 radical (unpaired) electrons. The molecule has 1 amide bonds. The van der Waals surface area contributed by atoms with Crippen LogP contribution < -0.4 is 0 Å². The SMILES string of the molecule is Cc1cccc(/C=C/C(=O)N2CCc3ccccc3C2)c1. The molecule has 0 N–H and O–H groups in total. The second-order valence-corrected chi connectivity index (χ2v) is 5.53. The molecule has 2 aromatic carbocycles. The molecule has 0 saturated heterocycles. The van der Waals surface area contributed by atoms with E-state index in [9.17, 15) is 4.79 Å². The van der Waals surface area contributed by atoms with Crippen LogP contribution in [0.3, 0.4) is 0 Å². The molecule has 0 spiro atoms. The van der Waals surface area contributed by atoms with Gasteiger partial charge in [-0.2, -0.15) is 0 Å². The molecule has 1 aliphatic heterocycles. The van der Waals surface area contributed by atoms with E-state index < -0.39 is 0 Å². The van der Waals surface area contributed by atoms with Crippen LogP contribution in [0.2, 0.25) is 0 Å². The van der Waals surface area contributed by atoms with E-state index in [4.69, 9.17) is 0 Å². The zero-order valence-corrected chi connectivity index (χ0v) is 12.3. The number of carbonyl (C=O) groups excluding carboxylic acids is 1. The maximum absolute atomic E-state index is 12.3. The first-order chi connectivity index (χ1) is 10.2. The number of carbonyl (C=O) groups is 1. The van der Waals surface area contributed by atoms with Crippen LogP contribution in [-0.4, -0.2) is 17.4 Å². The van der Waals surface area contributed by atoms with Gasteiger partial charge in [0.05, 0.1) is 0 Å². The fraction of sp³-hybridized carbons (Fsp3) is 0.211. The molecule has 0 bridgehead atoms. The summed E-state index contributed by atoms with van der Waals surface area (Å²) < 4.78 is 0. The Morgan fingerprint density at radius 3 is 2.71 bits per heavy atom. The number of aryl methyl sites for hydroxylation is 1. The van der Waals surface area contributed by atoms with Crippen molar-refractivity contribution in [3.63, 3.8) is 0 Å². The molecule has 0 aromatic heterocycles. The average Bonchev–Trinajstić information content (AvgIpc) is 2.52. The number of nitrogens with zero attached hydrogens (tertiary/aromatic N) is 1. The van der Waals surface area contributed by atoms with Gasteiger partial charge >= 0.3 is 0 Å². The first kappa shape index (κ1) is 13.6. The highest BCUT2D eigenvalue weighted by Gasteiger charge is 2.18. The highest BCUT2D eigenvalue weighted by atomic mass is 16.2. The lowest BCUT2D eigenvalue weighted by Gasteiger charge is -2.27. The Kier molecular flexibility index (Phi) is 3.87. The molecule has 2 nitrogen and oxygen atoms in total. The predicted molar refractivity (Wildman–Crippen MR) is 85.8 cm³/mol. The highest BCUT2D eigenvalue weighted by molar-refractivity contribution is 5.91. The van der Waals surface area contributed by atoms with Crippen LogP contribution in [0.5, 0.6) is 0 Å². The second kappa shape index (κ2) is 5.96. The third kappa shape index (κ3) is 3.22. The van der Waals surface area contributed by atoms with Gasteiger partial charge in [-0.1, -0.05) is 54.1 Å². The van der Waals surface area contributed by atoms with E-state index in [2.05, 4.69) is 37.3 Å². The fourth-order valence-electron chi connectivity index (χ4n) is 2.73. The first-order valence-electron chi connectivity index (χ1n) is 7.33. The summed E-state index contributed by atoms with van der Waals surface area (Å²) in [5.41, 5.74) is 4.91. The maximum atomic E-state index is 12.3. The molecule has 106 valence electrons. The van der Waals surface area contributed by atoms with E-state index in [1.54, 1.807) is 6.08 Å². The smallest absolute Gasteiger partial charge is 0.246 e. The molecular weight excluding hydrogens is 258 g/mol. The topological polar surface area (TPSA) is 20.3 Å². The molecule has 0 atom stereocenters. The molecule has 0 unspecified atom stereocenters. The van der Waals surface area contributed by atoms with Crippen LogP contribution in [0, 0.1) is 6.92 Å². The second-order valence-electron chi connectivity index (χ2n) is 5.53. The van der Waals surface area contributed by atoms with Crippen molar-refractivity contribution in [3.8, 4) is 0 Å². The van der Waals surface area contributed by atoms with Gasteiger partial charge in [0.25, 0.3) is 0 Å². The third-order valence-corrected chi connectivity index (χ3v) is 3.90. The van der Waals surface area contributed by atoms with Crippen molar-refractivity contribution in [2.24, 2.45) is 0 Å². The van der Waals surface area contributed by atoms with Gasteiger partial charge < -0.3 is 4.90 Å². The Labute approximate surface area is 125 Å². The molecule has 2 aromatic rings. The van der Waals surface area contributed by atoms with Gasteiger partial charge in [0.1, 0.15) is 0 Å². The highest BCUT2D eigenvalue weighted by Crippen LogP contribution is 2.18. The lowest BCUT2D eigenvalue weighted by Crippen LogP contribution is -2.34. The number of hydrogen-bond donors (Lipinski definition) is 0. The van der Waals surface area contributed by atoms with Gasteiger partial charge in [-0.05, 0) is 36.1 Å². The number of amides is 1. The quantitative estimate of drug-likeness (QED) is 0.768. The van der Waals surface area contributed by atoms with E-state index in [0.29, 0.717) is 6.54 Å². The van der Waals surface area contributed by atoms with Crippen molar-refractivity contribution in [3.05, 3.63) is 76.9 Å². The van der Waals surface area contributed by atoms with Crippen molar-refractivity contribution < 1.29 is 4.79 Å². The summed E-state index contributed by atoms with van der Waals surface area (Å²) in [6.07, 6.45) is 4.53. The Hall–Kier alpha value is -2.35. The van der Waals surface area contributed by atoms with Gasteiger partial charge in [0.2, 0.25) is 5.91 Å². The minimum Gasteiger partial charge on any atom is -0.334 e. The summed E-state index contributed by atoms with van der Waals surface area (Å²) >= 11 is 0. The lowest BCUT2D eigenvalue weighted by molar-refractivity contribution is -0.126. The molecule has 0 fully saturated rings. The summed E-state index contributed by atoms with van der Waals surface area (Å²) in [6, 6.07) is 16.5. The average molecular weight is 277 g/mol. The predicted octanol–water partition coefficient (Wildman–Crippen LogP) is 3.59. The number of fused-ring (bicyclic) bond motifs is 1. The standard InChI is InChI=1S/C19H19NO/c1-15-5-4-6-16(13-15)9-10-19(21)20-12-11-17-7-2-3-8-18(17)14-20/h2-10,13H,11-12,14H2,1H3/b10-9+. The van der Waals surface area contributed by atoms with E-state index >= 15 is 0 Å². The van der Waals surface area contributed by atoms with Gasteiger partial charge in [0, 0.05) is 19.2 Å². The van der Waals surface area contributed by atoms with Crippen LogP contribution in [0.25, 0.3) is 6.08 Å². The van der Waals surface area contributed by atoms with Crippen molar-refractivity contribution in [1.29, 1.82) is 0 Å². The maximum Gasteiger partial charge on any atom is 0.246 e. The molecular formula is C19H19NO. The van der Waals surface area contributed by atoms with Gasteiger partial charge in [0.15, 0.2) is 0 Å². The van der Waals surface area contributed by atoms with Crippen molar-refractivity contribution in [2.45, 2.75) is 19.9 Å². The van der Waals surface area contributed by atoms with Gasteiger partial charge in [-0.3, -0.25) is 4.79 Å². The number of rotatable bonds is 2. The van der Waals surface area contributed by atoms with Crippen LogP contribution >= 0.6 is 0 Å². The summed E-state index contributed by atoms with van der Waals surface area (Å²) in [4.78, 5) is 14.2. The first-order valence-corrected chi connectivity index (χ1v) is 7.33. The zero-order valence-electron chi connectivity index (χ0n) is 12.3. The number of benzene rings is 2. The van der Waals surface area contributed by atoms with Crippen molar-refractivity contribution >= 4 is 12.0 Å². The zero-order chi connectivity index (χ0) is 14.7. The molecule has 1 heterocycles. The summed E-state index contributed by atoms with van der Waals surface area (Å²) in [5, 5.41) is 0. The minimum atomic E-state index is 0.0889. The van der Waals surface area contributed by atoms with Crippen LogP contribution in [-0.2, 0) is 17.8 Å². The lowest BCUT2D eigenvalue weighted by atomic mass is 10.00. The largest absolute Gasteiger partial charge is 0.334 e. The normalized spacial score (nSPS) is 14.2. The van der Waals surface area contributed by atoms with E-state index in [1.165, 1.54) is 16.7 Å². The van der Waals surface area contributed by atoms with Crippen molar-refractivity contribution in [2.75, 3.05) is 6.54 Å². The molecule has 2 heteroatoms. The monoisotopic (exact) mass is 277 g/mol. The minimum absolute atomic E-state index is 0.0889. The Morgan fingerprint density at radius 1 is 1.10 bits per heavy atom. The Balaban J connectivity index is 1.69. The van der Waals surface area contributed by atoms with E-state index in [-0.39, 0.29) is 5.91 Å². The molecule has 1 aliphatic rings. The Morgan fingerprint density at radius 2 is 1.90 bits per heavy atom. The fourth-order valence-corrected chi connectivity index (χ4v) is 2.73. The van der Waals surface area contributed by atoms with E-state index in [1.807, 2.05) is 29.2 Å². The van der Waals surface area contributed by atoms with Crippen LogP contribution in [0.4, 0.5) is 0 Å². The third-order valence-electron chi connectivity index (χ3n) is 3.90. The van der Waals surface area contributed by atoms with E-state index in [0.717, 1.165) is 18.5 Å². The summed E-state index contributed by atoms with van der Waals surface area (Å²) in [6.45, 7) is 3.57. The summed E-state index contributed by atoms with van der Waals surface area (Å²) in [7, 11) is 0. The van der Waals surface area contributed by atoms with Crippen LogP contribution in [0.15, 0.2) is 54.6 Å². The van der Waals surface area contributed by atoms with Gasteiger partial charge in [-0.25, -0.2) is 0 Å². The molecule has 21 heavy (non-hydrogen) atoms. The molecule has 3 rings (SSSR count). The number of hydrogen-bond acceptors (Lipinski definition) is 1.